The van der Waals surface area contributed by atoms with E-state index in [1.54, 1.807) is 0 Å². The molecule has 0 spiro atoms. The summed E-state index contributed by atoms with van der Waals surface area (Å²) in [6, 6.07) is 9.38. The van der Waals surface area contributed by atoms with Crippen molar-refractivity contribution >= 4 is 23.2 Å². The first kappa shape index (κ1) is 11.4. The van der Waals surface area contributed by atoms with Crippen molar-refractivity contribution in [3.63, 3.8) is 0 Å². The summed E-state index contributed by atoms with van der Waals surface area (Å²) in [5, 5.41) is 0.647. The second-order valence-corrected chi connectivity index (χ2v) is 4.11. The van der Waals surface area contributed by atoms with Crippen LogP contribution in [0.25, 0.3) is 11.4 Å². The molecule has 2 rings (SSSR count). The van der Waals surface area contributed by atoms with Gasteiger partial charge in [0, 0.05) is 11.3 Å². The molecule has 0 aliphatic rings. The first-order valence-electron chi connectivity index (χ1n) is 4.86. The molecule has 2 nitrogen and oxygen atoms in total. The van der Waals surface area contributed by atoms with Crippen molar-refractivity contribution in [3.8, 4) is 11.4 Å². The number of nitrogens with zero attached hydrogens (tertiary/aromatic N) is 2. The molecule has 1 aromatic heterocycles. The lowest BCUT2D eigenvalue weighted by Crippen LogP contribution is -1.96. The summed E-state index contributed by atoms with van der Waals surface area (Å²) in [6.07, 6.45) is 0. The largest absolute Gasteiger partial charge is 0.233 e. The summed E-state index contributed by atoms with van der Waals surface area (Å²) >= 11 is 11.9. The molecule has 82 valence electrons. The number of benzene rings is 1. The second-order valence-electron chi connectivity index (χ2n) is 3.44. The third kappa shape index (κ3) is 2.34. The minimum absolute atomic E-state index is 0.376. The Hall–Kier alpha value is -1.12. The van der Waals surface area contributed by atoms with Gasteiger partial charge in [-0.15, -0.1) is 11.6 Å². The standard InChI is InChI=1S/C12H10Cl2N2/c1-8-6-9(7-13)16-12(15-8)10-4-2-3-5-11(10)14/h2-6H,7H2,1H3. The molecule has 0 aliphatic heterocycles. The maximum absolute atomic E-state index is 6.09. The molecule has 0 N–H and O–H groups in total. The van der Waals surface area contributed by atoms with Gasteiger partial charge in [0.25, 0.3) is 0 Å². The normalized spacial score (nSPS) is 10.4. The first-order chi connectivity index (χ1) is 7.70. The van der Waals surface area contributed by atoms with Gasteiger partial charge in [-0.3, -0.25) is 0 Å². The molecule has 0 unspecified atom stereocenters. The Morgan fingerprint density at radius 2 is 1.94 bits per heavy atom. The number of alkyl halides is 1. The highest BCUT2D eigenvalue weighted by Crippen LogP contribution is 2.25. The van der Waals surface area contributed by atoms with Crippen molar-refractivity contribution in [1.82, 2.24) is 9.97 Å². The van der Waals surface area contributed by atoms with Gasteiger partial charge in [-0.1, -0.05) is 23.7 Å². The van der Waals surface area contributed by atoms with Crippen molar-refractivity contribution in [3.05, 3.63) is 46.7 Å². The van der Waals surface area contributed by atoms with Gasteiger partial charge >= 0.3 is 0 Å². The molecule has 2 aromatic rings. The highest BCUT2D eigenvalue weighted by atomic mass is 35.5. The first-order valence-corrected chi connectivity index (χ1v) is 5.77. The lowest BCUT2D eigenvalue weighted by atomic mass is 10.2. The van der Waals surface area contributed by atoms with Crippen molar-refractivity contribution < 1.29 is 0 Å². The van der Waals surface area contributed by atoms with Crippen molar-refractivity contribution in [2.24, 2.45) is 0 Å². The van der Waals surface area contributed by atoms with Gasteiger partial charge in [-0.2, -0.15) is 0 Å². The van der Waals surface area contributed by atoms with E-state index in [0.717, 1.165) is 17.0 Å². The van der Waals surface area contributed by atoms with Crippen molar-refractivity contribution in [1.29, 1.82) is 0 Å². The van der Waals surface area contributed by atoms with Gasteiger partial charge in [0.15, 0.2) is 5.82 Å². The summed E-state index contributed by atoms with van der Waals surface area (Å²) < 4.78 is 0. The molecular weight excluding hydrogens is 243 g/mol. The third-order valence-corrected chi connectivity index (χ3v) is 2.76. The van der Waals surface area contributed by atoms with E-state index < -0.39 is 0 Å². The van der Waals surface area contributed by atoms with E-state index in [-0.39, 0.29) is 0 Å². The van der Waals surface area contributed by atoms with E-state index in [0.29, 0.717) is 16.7 Å². The molecule has 0 radical (unpaired) electrons. The molecule has 0 amide bonds. The van der Waals surface area contributed by atoms with Crippen LogP contribution in [0.3, 0.4) is 0 Å². The second kappa shape index (κ2) is 4.81. The van der Waals surface area contributed by atoms with Gasteiger partial charge < -0.3 is 0 Å². The lowest BCUT2D eigenvalue weighted by molar-refractivity contribution is 1.05. The predicted octanol–water partition coefficient (Wildman–Crippen LogP) is 3.84. The lowest BCUT2D eigenvalue weighted by Gasteiger charge is -2.05. The van der Waals surface area contributed by atoms with Gasteiger partial charge in [0.1, 0.15) is 0 Å². The van der Waals surface area contributed by atoms with Crippen LogP contribution in [0.1, 0.15) is 11.4 Å². The summed E-state index contributed by atoms with van der Waals surface area (Å²) in [7, 11) is 0. The number of hydrogen-bond donors (Lipinski definition) is 0. The number of aromatic nitrogens is 2. The summed E-state index contributed by atoms with van der Waals surface area (Å²) in [6.45, 7) is 1.91. The molecule has 0 saturated carbocycles. The van der Waals surface area contributed by atoms with E-state index in [2.05, 4.69) is 9.97 Å². The van der Waals surface area contributed by atoms with E-state index >= 15 is 0 Å². The fraction of sp³-hybridized carbons (Fsp3) is 0.167. The van der Waals surface area contributed by atoms with E-state index in [1.807, 2.05) is 37.3 Å². The van der Waals surface area contributed by atoms with Gasteiger partial charge in [-0.25, -0.2) is 9.97 Å². The molecular formula is C12H10Cl2N2. The predicted molar refractivity (Wildman–Crippen MR) is 66.8 cm³/mol. The zero-order chi connectivity index (χ0) is 11.5. The van der Waals surface area contributed by atoms with Gasteiger partial charge in [-0.05, 0) is 25.1 Å². The SMILES string of the molecule is Cc1cc(CCl)nc(-c2ccccc2Cl)n1. The van der Waals surface area contributed by atoms with Crippen LogP contribution in [0.2, 0.25) is 5.02 Å². The monoisotopic (exact) mass is 252 g/mol. The Labute approximate surface area is 104 Å². The van der Waals surface area contributed by atoms with Gasteiger partial charge in [0.2, 0.25) is 0 Å². The van der Waals surface area contributed by atoms with Crippen LogP contribution in [0, 0.1) is 6.92 Å². The highest BCUT2D eigenvalue weighted by molar-refractivity contribution is 6.33. The quantitative estimate of drug-likeness (QED) is 0.760. The Morgan fingerprint density at radius 1 is 1.19 bits per heavy atom. The van der Waals surface area contributed by atoms with Crippen LogP contribution in [-0.4, -0.2) is 9.97 Å². The summed E-state index contributed by atoms with van der Waals surface area (Å²) in [4.78, 5) is 8.71. The van der Waals surface area contributed by atoms with E-state index in [1.165, 1.54) is 0 Å². The molecule has 0 aliphatic carbocycles. The number of rotatable bonds is 2. The Kier molecular flexibility index (Phi) is 3.42. The molecule has 4 heteroatoms. The average Bonchev–Trinajstić information content (AvgIpc) is 2.28. The van der Waals surface area contributed by atoms with Crippen LogP contribution in [0.4, 0.5) is 0 Å². The maximum Gasteiger partial charge on any atom is 0.161 e. The van der Waals surface area contributed by atoms with Crippen molar-refractivity contribution in [2.45, 2.75) is 12.8 Å². The fourth-order valence-corrected chi connectivity index (χ4v) is 1.82. The number of halogens is 2. The topological polar surface area (TPSA) is 25.8 Å². The van der Waals surface area contributed by atoms with Crippen LogP contribution >= 0.6 is 23.2 Å². The Morgan fingerprint density at radius 3 is 2.62 bits per heavy atom. The average molecular weight is 253 g/mol. The maximum atomic E-state index is 6.09. The van der Waals surface area contributed by atoms with Crippen LogP contribution in [-0.2, 0) is 5.88 Å². The van der Waals surface area contributed by atoms with Crippen molar-refractivity contribution in [2.75, 3.05) is 0 Å². The van der Waals surface area contributed by atoms with Crippen LogP contribution < -0.4 is 0 Å². The van der Waals surface area contributed by atoms with Crippen LogP contribution in [0.5, 0.6) is 0 Å². The minimum Gasteiger partial charge on any atom is -0.233 e. The summed E-state index contributed by atoms with van der Waals surface area (Å²) in [5.41, 5.74) is 2.53. The smallest absolute Gasteiger partial charge is 0.161 e. The highest BCUT2D eigenvalue weighted by Gasteiger charge is 2.07. The molecule has 0 atom stereocenters. The Balaban J connectivity index is 2.56. The fourth-order valence-electron chi connectivity index (χ4n) is 1.47. The molecule has 16 heavy (non-hydrogen) atoms. The van der Waals surface area contributed by atoms with E-state index in [9.17, 15) is 0 Å². The number of hydrogen-bond acceptors (Lipinski definition) is 2. The molecule has 0 fully saturated rings. The minimum atomic E-state index is 0.376. The molecule has 1 aromatic carbocycles. The molecule has 1 heterocycles. The summed E-state index contributed by atoms with van der Waals surface area (Å²) in [5.74, 6) is 1.00. The van der Waals surface area contributed by atoms with Gasteiger partial charge in [0.05, 0.1) is 16.6 Å². The molecule has 0 saturated heterocycles. The number of aryl methyl sites for hydroxylation is 1. The Bertz CT molecular complexity index is 512. The third-order valence-electron chi connectivity index (χ3n) is 2.16. The van der Waals surface area contributed by atoms with Crippen LogP contribution in [0.15, 0.2) is 30.3 Å². The molecule has 0 bridgehead atoms. The zero-order valence-corrected chi connectivity index (χ0v) is 10.3. The zero-order valence-electron chi connectivity index (χ0n) is 8.74. The van der Waals surface area contributed by atoms with E-state index in [4.69, 9.17) is 23.2 Å².